The highest BCUT2D eigenvalue weighted by Crippen LogP contribution is 2.38. The van der Waals surface area contributed by atoms with Crippen LogP contribution in [0.25, 0.3) is 10.2 Å². The fraction of sp³-hybridized carbons (Fsp3) is 0.500. The standard InChI is InChI=1S/C16H18N4O2S2/c17-14-13-9-3-1-2-4-10(9)24-15(13)19-16(18-14)23-8-7-20-11(21)5-6-12(20)22/h1-8H2,(H2,17,18,19). The molecular formula is C16H18N4O2S2. The summed E-state index contributed by atoms with van der Waals surface area (Å²) >= 11 is 3.17. The van der Waals surface area contributed by atoms with Gasteiger partial charge in [0.15, 0.2) is 5.16 Å². The van der Waals surface area contributed by atoms with Crippen LogP contribution in [-0.2, 0) is 22.4 Å². The van der Waals surface area contributed by atoms with E-state index in [9.17, 15) is 9.59 Å². The Labute approximate surface area is 147 Å². The average Bonchev–Trinajstić information content (AvgIpc) is 3.09. The third kappa shape index (κ3) is 2.77. The fourth-order valence-corrected chi connectivity index (χ4v) is 5.43. The smallest absolute Gasteiger partial charge is 0.229 e. The van der Waals surface area contributed by atoms with Crippen LogP contribution in [0.3, 0.4) is 0 Å². The van der Waals surface area contributed by atoms with Gasteiger partial charge in [-0.3, -0.25) is 14.5 Å². The molecule has 0 unspecified atom stereocenters. The maximum Gasteiger partial charge on any atom is 0.229 e. The minimum Gasteiger partial charge on any atom is -0.383 e. The fourth-order valence-electron chi connectivity index (χ4n) is 3.33. The van der Waals surface area contributed by atoms with E-state index in [1.807, 2.05) is 0 Å². The number of likely N-dealkylation sites (tertiary alicyclic amines) is 1. The molecule has 8 heteroatoms. The Balaban J connectivity index is 1.51. The number of carbonyl (C=O) groups excluding carboxylic acids is 2. The van der Waals surface area contributed by atoms with Gasteiger partial charge in [0.05, 0.1) is 5.39 Å². The highest BCUT2D eigenvalue weighted by Gasteiger charge is 2.28. The van der Waals surface area contributed by atoms with Crippen LogP contribution in [-0.4, -0.2) is 39.0 Å². The lowest BCUT2D eigenvalue weighted by atomic mass is 9.97. The van der Waals surface area contributed by atoms with Crippen molar-refractivity contribution in [3.63, 3.8) is 0 Å². The SMILES string of the molecule is Nc1nc(SCCN2C(=O)CCC2=O)nc2sc3c(c12)CCCC3. The van der Waals surface area contributed by atoms with E-state index in [4.69, 9.17) is 5.73 Å². The van der Waals surface area contributed by atoms with Crippen molar-refractivity contribution in [1.29, 1.82) is 0 Å². The number of nitrogens with two attached hydrogens (primary N) is 1. The molecule has 0 saturated carbocycles. The van der Waals surface area contributed by atoms with Gasteiger partial charge in [0.25, 0.3) is 0 Å². The van der Waals surface area contributed by atoms with Gasteiger partial charge in [-0.15, -0.1) is 11.3 Å². The van der Waals surface area contributed by atoms with E-state index in [1.165, 1.54) is 39.9 Å². The second kappa shape index (κ2) is 6.33. The highest BCUT2D eigenvalue weighted by atomic mass is 32.2. The summed E-state index contributed by atoms with van der Waals surface area (Å²) in [6.45, 7) is 0.407. The molecule has 1 aliphatic heterocycles. The number of hydrogen-bond donors (Lipinski definition) is 1. The van der Waals surface area contributed by atoms with E-state index in [0.717, 1.165) is 23.1 Å². The van der Waals surface area contributed by atoms with Gasteiger partial charge in [-0.25, -0.2) is 9.97 Å². The third-order valence-electron chi connectivity index (χ3n) is 4.52. The number of amides is 2. The number of thioether (sulfide) groups is 1. The number of aromatic nitrogens is 2. The van der Waals surface area contributed by atoms with Crippen LogP contribution in [0, 0.1) is 0 Å². The highest BCUT2D eigenvalue weighted by molar-refractivity contribution is 7.99. The van der Waals surface area contributed by atoms with E-state index in [2.05, 4.69) is 9.97 Å². The van der Waals surface area contributed by atoms with Gasteiger partial charge < -0.3 is 5.73 Å². The van der Waals surface area contributed by atoms with Gasteiger partial charge in [0, 0.05) is 30.0 Å². The van der Waals surface area contributed by atoms with Crippen LogP contribution in [0.15, 0.2) is 5.16 Å². The summed E-state index contributed by atoms with van der Waals surface area (Å²) in [6.07, 6.45) is 5.27. The van der Waals surface area contributed by atoms with Crippen LogP contribution in [0.4, 0.5) is 5.82 Å². The van der Waals surface area contributed by atoms with Crippen molar-refractivity contribution >= 4 is 50.9 Å². The number of carbonyl (C=O) groups is 2. The summed E-state index contributed by atoms with van der Waals surface area (Å²) in [5.74, 6) is 0.980. The van der Waals surface area contributed by atoms with Crippen LogP contribution >= 0.6 is 23.1 Å². The lowest BCUT2D eigenvalue weighted by molar-refractivity contribution is -0.137. The van der Waals surface area contributed by atoms with Crippen molar-refractivity contribution in [2.75, 3.05) is 18.0 Å². The van der Waals surface area contributed by atoms with Crippen molar-refractivity contribution in [1.82, 2.24) is 14.9 Å². The minimum atomic E-state index is -0.0811. The molecule has 0 atom stereocenters. The Morgan fingerprint density at radius 3 is 2.62 bits per heavy atom. The zero-order chi connectivity index (χ0) is 16.7. The van der Waals surface area contributed by atoms with Gasteiger partial charge in [-0.1, -0.05) is 11.8 Å². The number of anilines is 1. The van der Waals surface area contributed by atoms with Crippen molar-refractivity contribution in [2.24, 2.45) is 0 Å². The van der Waals surface area contributed by atoms with Crippen molar-refractivity contribution in [3.8, 4) is 0 Å². The summed E-state index contributed by atoms with van der Waals surface area (Å²) in [5.41, 5.74) is 7.52. The molecule has 6 nitrogen and oxygen atoms in total. The third-order valence-corrected chi connectivity index (χ3v) is 6.54. The summed E-state index contributed by atoms with van der Waals surface area (Å²) in [4.78, 5) is 36.0. The first-order valence-corrected chi connectivity index (χ1v) is 9.97. The normalized spacial score (nSPS) is 17.8. The van der Waals surface area contributed by atoms with Crippen LogP contribution in [0.5, 0.6) is 0 Å². The van der Waals surface area contributed by atoms with Crippen molar-refractivity contribution in [2.45, 2.75) is 43.7 Å². The zero-order valence-corrected chi connectivity index (χ0v) is 14.8. The number of nitrogen functional groups attached to an aromatic ring is 1. The monoisotopic (exact) mass is 362 g/mol. The van der Waals surface area contributed by atoms with Gasteiger partial charge in [-0.2, -0.15) is 0 Å². The van der Waals surface area contributed by atoms with Crippen molar-refractivity contribution < 1.29 is 9.59 Å². The number of hydrogen-bond acceptors (Lipinski definition) is 7. The predicted molar refractivity (Wildman–Crippen MR) is 95.1 cm³/mol. The molecule has 0 bridgehead atoms. The Bertz CT molecular complexity index is 817. The molecule has 2 aliphatic rings. The first-order valence-electron chi connectivity index (χ1n) is 8.17. The summed E-state index contributed by atoms with van der Waals surface area (Å²) in [6, 6.07) is 0. The Morgan fingerprint density at radius 2 is 1.83 bits per heavy atom. The molecule has 0 radical (unpaired) electrons. The molecule has 1 saturated heterocycles. The van der Waals surface area contributed by atoms with Crippen LogP contribution in [0.2, 0.25) is 0 Å². The summed E-state index contributed by atoms with van der Waals surface area (Å²) in [5, 5.41) is 1.65. The van der Waals surface area contributed by atoms with E-state index < -0.39 is 0 Å². The molecule has 0 spiro atoms. The molecule has 2 N–H and O–H groups in total. The number of aryl methyl sites for hydroxylation is 2. The second-order valence-corrected chi connectivity index (χ2v) is 8.22. The largest absolute Gasteiger partial charge is 0.383 e. The van der Waals surface area contributed by atoms with Crippen molar-refractivity contribution in [3.05, 3.63) is 10.4 Å². The van der Waals surface area contributed by atoms with E-state index in [1.54, 1.807) is 11.3 Å². The minimum absolute atomic E-state index is 0.0811. The molecule has 2 amide bonds. The Morgan fingerprint density at radius 1 is 1.08 bits per heavy atom. The molecular weight excluding hydrogens is 344 g/mol. The molecule has 0 aromatic carbocycles. The second-order valence-electron chi connectivity index (χ2n) is 6.07. The molecule has 4 rings (SSSR count). The molecule has 2 aromatic rings. The Hall–Kier alpha value is -1.67. The average molecular weight is 362 g/mol. The molecule has 3 heterocycles. The van der Waals surface area contributed by atoms with Gasteiger partial charge in [0.1, 0.15) is 10.6 Å². The lowest BCUT2D eigenvalue weighted by Gasteiger charge is -2.13. The molecule has 1 fully saturated rings. The van der Waals surface area contributed by atoms with E-state index in [-0.39, 0.29) is 11.8 Å². The maximum absolute atomic E-state index is 11.6. The summed E-state index contributed by atoms with van der Waals surface area (Å²) in [7, 11) is 0. The molecule has 2 aromatic heterocycles. The number of fused-ring (bicyclic) bond motifs is 3. The van der Waals surface area contributed by atoms with Crippen LogP contribution in [0.1, 0.15) is 36.1 Å². The van der Waals surface area contributed by atoms with E-state index >= 15 is 0 Å². The molecule has 24 heavy (non-hydrogen) atoms. The number of nitrogens with zero attached hydrogens (tertiary/aromatic N) is 3. The molecule has 126 valence electrons. The quantitative estimate of drug-likeness (QED) is 0.510. The predicted octanol–water partition coefficient (Wildman–Crippen LogP) is 2.39. The van der Waals surface area contributed by atoms with Crippen LogP contribution < -0.4 is 5.73 Å². The van der Waals surface area contributed by atoms with E-state index in [0.29, 0.717) is 36.1 Å². The summed E-state index contributed by atoms with van der Waals surface area (Å²) < 4.78 is 0. The topological polar surface area (TPSA) is 89.2 Å². The lowest BCUT2D eigenvalue weighted by Crippen LogP contribution is -2.31. The van der Waals surface area contributed by atoms with Gasteiger partial charge in [-0.05, 0) is 31.2 Å². The number of rotatable bonds is 4. The van der Waals surface area contributed by atoms with Gasteiger partial charge >= 0.3 is 0 Å². The number of thiophene rings is 1. The molecule has 1 aliphatic carbocycles. The first kappa shape index (κ1) is 15.8. The maximum atomic E-state index is 11.6. The van der Waals surface area contributed by atoms with Gasteiger partial charge in [0.2, 0.25) is 11.8 Å². The first-order chi connectivity index (χ1) is 11.6. The zero-order valence-electron chi connectivity index (χ0n) is 13.2. The Kier molecular flexibility index (Phi) is 4.17. The number of imide groups is 1.